The summed E-state index contributed by atoms with van der Waals surface area (Å²) in [5.41, 5.74) is 0.804. The van der Waals surface area contributed by atoms with Gasteiger partial charge in [0.25, 0.3) is 5.91 Å². The van der Waals surface area contributed by atoms with Gasteiger partial charge >= 0.3 is 0 Å². The van der Waals surface area contributed by atoms with E-state index in [0.717, 1.165) is 0 Å². The van der Waals surface area contributed by atoms with E-state index in [2.05, 4.69) is 6.58 Å². The minimum atomic E-state index is -0.235. The van der Waals surface area contributed by atoms with E-state index in [1.54, 1.807) is 38.4 Å². The molecule has 0 aliphatic rings. The van der Waals surface area contributed by atoms with Crippen molar-refractivity contribution in [1.29, 1.82) is 0 Å². The van der Waals surface area contributed by atoms with Gasteiger partial charge in [0.05, 0.1) is 5.56 Å². The van der Waals surface area contributed by atoms with Gasteiger partial charge in [0, 0.05) is 19.7 Å². The molecule has 0 N–H and O–H groups in total. The van der Waals surface area contributed by atoms with E-state index in [0.29, 0.717) is 11.1 Å². The van der Waals surface area contributed by atoms with Crippen molar-refractivity contribution < 1.29 is 14.4 Å². The van der Waals surface area contributed by atoms with E-state index in [1.165, 1.54) is 11.0 Å². The van der Waals surface area contributed by atoms with E-state index in [-0.39, 0.29) is 11.7 Å². The lowest BCUT2D eigenvalue weighted by molar-refractivity contribution is -0.0980. The molecule has 1 amide bonds. The Hall–Kier alpha value is -2.23. The first-order valence-electron chi connectivity index (χ1n) is 4.84. The fourth-order valence-corrected chi connectivity index (χ4v) is 1.24. The van der Waals surface area contributed by atoms with Gasteiger partial charge in [0.15, 0.2) is 5.78 Å². The molecule has 4 nitrogen and oxygen atoms in total. The Morgan fingerprint density at radius 1 is 1.12 bits per heavy atom. The molecule has 90 valence electrons. The smallest absolute Gasteiger partial charge is 0.254 e. The lowest BCUT2D eigenvalue weighted by Crippen LogP contribution is -2.23. The molecule has 0 saturated heterocycles. The van der Waals surface area contributed by atoms with Crippen molar-refractivity contribution in [2.75, 3.05) is 14.1 Å². The summed E-state index contributed by atoms with van der Waals surface area (Å²) in [7, 11) is 3.30. The van der Waals surface area contributed by atoms with Crippen LogP contribution >= 0.6 is 0 Å². The lowest BCUT2D eigenvalue weighted by Gasteiger charge is -2.12. The lowest BCUT2D eigenvalue weighted by atomic mass is 10.0. The number of hydrogen-bond acceptors (Lipinski definition) is 3. The molecular weight excluding hydrogens is 218 g/mol. The van der Waals surface area contributed by atoms with Crippen LogP contribution in [0, 0.1) is 0 Å². The van der Waals surface area contributed by atoms with Crippen LogP contribution in [0.2, 0.25) is 0 Å². The average molecular weight is 233 g/mol. The molecule has 0 aliphatic heterocycles. The Bertz CT molecular complexity index is 424. The van der Waals surface area contributed by atoms with Gasteiger partial charge in [-0.25, -0.2) is 0 Å². The predicted molar refractivity (Wildman–Crippen MR) is 66.1 cm³/mol. The maximum absolute atomic E-state index is 11.7. The molecule has 1 aromatic rings. The second-order valence-electron chi connectivity index (χ2n) is 3.31. The van der Waals surface area contributed by atoms with Gasteiger partial charge in [-0.2, -0.15) is 0 Å². The zero-order valence-corrected chi connectivity index (χ0v) is 9.97. The highest BCUT2D eigenvalue weighted by Gasteiger charge is 2.15. The number of carbonyl (C=O) groups excluding carboxylic acids is 3. The summed E-state index contributed by atoms with van der Waals surface area (Å²) in [6.45, 7) is 5.41. The fraction of sp³-hybridized carbons (Fsp3) is 0.154. The Labute approximate surface area is 101 Å². The molecular formula is C13H15NO3. The van der Waals surface area contributed by atoms with Gasteiger partial charge in [0.1, 0.15) is 6.79 Å². The van der Waals surface area contributed by atoms with Crippen LogP contribution in [-0.4, -0.2) is 37.5 Å². The van der Waals surface area contributed by atoms with E-state index in [4.69, 9.17) is 4.79 Å². The normalized spacial score (nSPS) is 8.59. The van der Waals surface area contributed by atoms with Gasteiger partial charge < -0.3 is 9.69 Å². The van der Waals surface area contributed by atoms with Crippen molar-refractivity contribution in [3.8, 4) is 0 Å². The summed E-state index contributed by atoms with van der Waals surface area (Å²) >= 11 is 0. The number of carbonyl (C=O) groups is 3. The minimum absolute atomic E-state index is 0.180. The van der Waals surface area contributed by atoms with Gasteiger partial charge in [0.2, 0.25) is 0 Å². The molecule has 1 rings (SSSR count). The summed E-state index contributed by atoms with van der Waals surface area (Å²) in [5.74, 6) is -0.415. The number of benzene rings is 1. The topological polar surface area (TPSA) is 54.5 Å². The molecule has 0 aliphatic carbocycles. The molecule has 0 heterocycles. The first kappa shape index (κ1) is 14.8. The number of rotatable bonds is 3. The second kappa shape index (κ2) is 7.11. The molecule has 0 bridgehead atoms. The van der Waals surface area contributed by atoms with Crippen LogP contribution in [0.25, 0.3) is 0 Å². The van der Waals surface area contributed by atoms with Gasteiger partial charge in [-0.3, -0.25) is 9.59 Å². The van der Waals surface area contributed by atoms with Crippen molar-refractivity contribution in [1.82, 2.24) is 4.90 Å². The zero-order chi connectivity index (χ0) is 13.4. The second-order valence-corrected chi connectivity index (χ2v) is 3.31. The summed E-state index contributed by atoms with van der Waals surface area (Å²) in [6.07, 6.45) is 1.21. The van der Waals surface area contributed by atoms with E-state index in [9.17, 15) is 9.59 Å². The molecule has 1 aromatic carbocycles. The third-order valence-electron chi connectivity index (χ3n) is 2.01. The first-order valence-corrected chi connectivity index (χ1v) is 4.84. The molecule has 0 atom stereocenters. The number of allylic oxidation sites excluding steroid dienone is 1. The quantitative estimate of drug-likeness (QED) is 0.588. The molecule has 0 radical (unpaired) electrons. The van der Waals surface area contributed by atoms with Crippen molar-refractivity contribution in [2.45, 2.75) is 0 Å². The van der Waals surface area contributed by atoms with Crippen LogP contribution < -0.4 is 0 Å². The van der Waals surface area contributed by atoms with Crippen molar-refractivity contribution in [2.24, 2.45) is 0 Å². The monoisotopic (exact) mass is 233 g/mol. The van der Waals surface area contributed by atoms with Gasteiger partial charge in [-0.05, 0) is 12.1 Å². The number of ketones is 1. The summed E-state index contributed by atoms with van der Waals surface area (Å²) in [6, 6.07) is 6.72. The van der Waals surface area contributed by atoms with Gasteiger partial charge in [-0.15, -0.1) is 0 Å². The Balaban J connectivity index is 0.00000121. The van der Waals surface area contributed by atoms with Crippen LogP contribution in [-0.2, 0) is 4.79 Å². The van der Waals surface area contributed by atoms with E-state index < -0.39 is 0 Å². The predicted octanol–water partition coefficient (Wildman–Crippen LogP) is 1.57. The fourth-order valence-electron chi connectivity index (χ4n) is 1.24. The molecule has 0 aromatic heterocycles. The number of nitrogens with zero attached hydrogens (tertiary/aromatic N) is 1. The number of amides is 1. The molecule has 0 unspecified atom stereocenters. The Morgan fingerprint density at radius 3 is 2.00 bits per heavy atom. The van der Waals surface area contributed by atoms with Crippen LogP contribution in [0.4, 0.5) is 0 Å². The standard InChI is InChI=1S/C12H13NO2.CH2O/c1-4-11(14)9-7-5-6-8-10(9)12(15)13(2)3;1-2/h4-8H,1H2,2-3H3;1H2. The number of hydrogen-bond donors (Lipinski definition) is 0. The maximum Gasteiger partial charge on any atom is 0.254 e. The SMILES string of the molecule is C=CC(=O)c1ccccc1C(=O)N(C)C.C=O. The molecule has 0 fully saturated rings. The summed E-state index contributed by atoms with van der Waals surface area (Å²) in [4.78, 5) is 32.6. The highest BCUT2D eigenvalue weighted by atomic mass is 16.2. The minimum Gasteiger partial charge on any atom is -0.345 e. The third-order valence-corrected chi connectivity index (χ3v) is 2.01. The van der Waals surface area contributed by atoms with Crippen LogP contribution in [0.5, 0.6) is 0 Å². The maximum atomic E-state index is 11.7. The summed E-state index contributed by atoms with van der Waals surface area (Å²) < 4.78 is 0. The first-order chi connectivity index (χ1) is 8.07. The van der Waals surface area contributed by atoms with Gasteiger partial charge in [-0.1, -0.05) is 24.8 Å². The molecule has 0 saturated carbocycles. The molecule has 4 heteroatoms. The highest BCUT2D eigenvalue weighted by Crippen LogP contribution is 2.11. The Morgan fingerprint density at radius 2 is 1.59 bits per heavy atom. The zero-order valence-electron chi connectivity index (χ0n) is 9.97. The highest BCUT2D eigenvalue weighted by molar-refractivity contribution is 6.12. The van der Waals surface area contributed by atoms with Crippen LogP contribution in [0.3, 0.4) is 0 Å². The van der Waals surface area contributed by atoms with Crippen molar-refractivity contribution >= 4 is 18.5 Å². The molecule has 17 heavy (non-hydrogen) atoms. The van der Waals surface area contributed by atoms with E-state index >= 15 is 0 Å². The van der Waals surface area contributed by atoms with Crippen LogP contribution in [0.15, 0.2) is 36.9 Å². The third kappa shape index (κ3) is 3.68. The Kier molecular flexibility index (Phi) is 6.18. The average Bonchev–Trinajstić information content (AvgIpc) is 2.39. The molecule has 0 spiro atoms. The van der Waals surface area contributed by atoms with Crippen LogP contribution in [0.1, 0.15) is 20.7 Å². The van der Waals surface area contributed by atoms with Crippen molar-refractivity contribution in [3.05, 3.63) is 48.0 Å². The largest absolute Gasteiger partial charge is 0.345 e. The van der Waals surface area contributed by atoms with E-state index in [1.807, 2.05) is 6.79 Å². The van der Waals surface area contributed by atoms with Crippen molar-refractivity contribution in [3.63, 3.8) is 0 Å². The summed E-state index contributed by atoms with van der Waals surface area (Å²) in [5, 5.41) is 0.